The largest absolute Gasteiger partial charge is 0.379 e. The molecule has 2 aliphatic rings. The zero-order valence-electron chi connectivity index (χ0n) is 16.6. The van der Waals surface area contributed by atoms with Gasteiger partial charge in [0.1, 0.15) is 5.25 Å². The van der Waals surface area contributed by atoms with Crippen LogP contribution in [0.5, 0.6) is 0 Å². The summed E-state index contributed by atoms with van der Waals surface area (Å²) in [4.78, 5) is 22.3. The van der Waals surface area contributed by atoms with Gasteiger partial charge in [0.15, 0.2) is 0 Å². The molecule has 0 saturated carbocycles. The van der Waals surface area contributed by atoms with E-state index in [4.69, 9.17) is 14.5 Å². The number of amides is 1. The summed E-state index contributed by atoms with van der Waals surface area (Å²) in [5.74, 6) is 0.0583. The van der Waals surface area contributed by atoms with Crippen molar-refractivity contribution in [1.82, 2.24) is 20.1 Å². The quantitative estimate of drug-likeness (QED) is 0.685. The van der Waals surface area contributed by atoms with Crippen molar-refractivity contribution in [2.45, 2.75) is 10.3 Å². The maximum absolute atomic E-state index is 13.1. The van der Waals surface area contributed by atoms with Crippen LogP contribution in [0.2, 0.25) is 0 Å². The second-order valence-electron chi connectivity index (χ2n) is 7.29. The van der Waals surface area contributed by atoms with Gasteiger partial charge in [0, 0.05) is 38.1 Å². The zero-order chi connectivity index (χ0) is 19.9. The number of nitrogens with zero attached hydrogens (tertiary/aromatic N) is 3. The van der Waals surface area contributed by atoms with E-state index in [1.165, 1.54) is 0 Å². The summed E-state index contributed by atoms with van der Waals surface area (Å²) in [6, 6.07) is 12.1. The van der Waals surface area contributed by atoms with Crippen LogP contribution in [-0.2, 0) is 14.3 Å². The van der Waals surface area contributed by atoms with Crippen LogP contribution in [0.15, 0.2) is 41.4 Å². The second kappa shape index (κ2) is 10.4. The lowest BCUT2D eigenvalue weighted by Gasteiger charge is -2.31. The van der Waals surface area contributed by atoms with Gasteiger partial charge in [-0.1, -0.05) is 36.0 Å². The lowest BCUT2D eigenvalue weighted by molar-refractivity contribution is -0.122. The fourth-order valence-corrected chi connectivity index (χ4v) is 4.58. The van der Waals surface area contributed by atoms with Crippen molar-refractivity contribution in [3.63, 3.8) is 0 Å². The SMILES string of the molecule is O=C(NCN1CCOCC1)C(CN1CCOCC1)Sc1ccc2ccccc2n1. The number of thioether (sulfide) groups is 1. The van der Waals surface area contributed by atoms with Crippen molar-refractivity contribution in [2.75, 3.05) is 65.8 Å². The molecule has 2 fully saturated rings. The van der Waals surface area contributed by atoms with Crippen molar-refractivity contribution in [3.8, 4) is 0 Å². The van der Waals surface area contributed by atoms with Gasteiger partial charge >= 0.3 is 0 Å². The molecule has 1 aromatic heterocycles. The minimum atomic E-state index is -0.220. The van der Waals surface area contributed by atoms with E-state index in [1.807, 2.05) is 24.3 Å². The molecule has 4 rings (SSSR count). The van der Waals surface area contributed by atoms with Gasteiger partial charge in [-0.05, 0) is 12.1 Å². The van der Waals surface area contributed by atoms with Crippen LogP contribution in [-0.4, -0.2) is 91.8 Å². The van der Waals surface area contributed by atoms with E-state index in [0.29, 0.717) is 13.2 Å². The van der Waals surface area contributed by atoms with Crippen molar-refractivity contribution in [1.29, 1.82) is 0 Å². The minimum Gasteiger partial charge on any atom is -0.379 e. The smallest absolute Gasteiger partial charge is 0.235 e. The number of pyridine rings is 1. The highest BCUT2D eigenvalue weighted by Gasteiger charge is 2.25. The van der Waals surface area contributed by atoms with E-state index in [-0.39, 0.29) is 11.2 Å². The maximum Gasteiger partial charge on any atom is 0.235 e. The Morgan fingerprint density at radius 2 is 1.69 bits per heavy atom. The van der Waals surface area contributed by atoms with E-state index in [9.17, 15) is 4.79 Å². The van der Waals surface area contributed by atoms with Crippen LogP contribution in [0.3, 0.4) is 0 Å². The Kier molecular flexibility index (Phi) is 7.34. The van der Waals surface area contributed by atoms with Crippen LogP contribution >= 0.6 is 11.8 Å². The van der Waals surface area contributed by atoms with E-state index >= 15 is 0 Å². The van der Waals surface area contributed by atoms with Crippen LogP contribution in [0.1, 0.15) is 0 Å². The molecule has 1 amide bonds. The average molecular weight is 417 g/mol. The molecular weight excluding hydrogens is 388 g/mol. The van der Waals surface area contributed by atoms with Crippen LogP contribution in [0.4, 0.5) is 0 Å². The summed E-state index contributed by atoms with van der Waals surface area (Å²) in [7, 11) is 0. The highest BCUT2D eigenvalue weighted by Crippen LogP contribution is 2.25. The molecular formula is C21H28N4O3S. The first-order valence-corrected chi connectivity index (χ1v) is 11.1. The van der Waals surface area contributed by atoms with E-state index in [0.717, 1.165) is 68.5 Å². The molecule has 0 spiro atoms. The molecule has 0 radical (unpaired) electrons. The van der Waals surface area contributed by atoms with Gasteiger partial charge in [0.2, 0.25) is 5.91 Å². The fraction of sp³-hybridized carbons (Fsp3) is 0.524. The first-order chi connectivity index (χ1) is 14.3. The second-order valence-corrected chi connectivity index (χ2v) is 8.51. The first-order valence-electron chi connectivity index (χ1n) is 10.2. The van der Waals surface area contributed by atoms with Gasteiger partial charge in [-0.15, -0.1) is 0 Å². The Labute approximate surface area is 175 Å². The number of benzene rings is 1. The summed E-state index contributed by atoms with van der Waals surface area (Å²) in [5.41, 5.74) is 0.955. The van der Waals surface area contributed by atoms with Gasteiger partial charge in [-0.25, -0.2) is 4.98 Å². The Morgan fingerprint density at radius 1 is 1.00 bits per heavy atom. The van der Waals surface area contributed by atoms with Crippen molar-refractivity contribution >= 4 is 28.6 Å². The van der Waals surface area contributed by atoms with Crippen LogP contribution < -0.4 is 5.32 Å². The first kappa shape index (κ1) is 20.6. The third kappa shape index (κ3) is 5.90. The lowest BCUT2D eigenvalue weighted by atomic mass is 10.2. The molecule has 29 heavy (non-hydrogen) atoms. The molecule has 1 unspecified atom stereocenters. The standard InChI is InChI=1S/C21H28N4O3S/c26-21(22-16-25-9-13-28-14-10-25)19(15-24-7-11-27-12-8-24)29-20-6-5-17-3-1-2-4-18(17)23-20/h1-6,19H,7-16H2,(H,22,26). The third-order valence-corrected chi connectivity index (χ3v) is 6.35. The Morgan fingerprint density at radius 3 is 2.45 bits per heavy atom. The van der Waals surface area contributed by atoms with Crippen molar-refractivity contribution in [2.24, 2.45) is 0 Å². The number of hydrogen-bond acceptors (Lipinski definition) is 7. The Bertz CT molecular complexity index is 809. The van der Waals surface area contributed by atoms with Gasteiger partial charge in [-0.3, -0.25) is 14.6 Å². The summed E-state index contributed by atoms with van der Waals surface area (Å²) in [6.45, 7) is 7.58. The molecule has 7 nitrogen and oxygen atoms in total. The van der Waals surface area contributed by atoms with Gasteiger partial charge in [-0.2, -0.15) is 0 Å². The molecule has 1 atom stereocenters. The topological polar surface area (TPSA) is 66.9 Å². The van der Waals surface area contributed by atoms with Crippen LogP contribution in [0, 0.1) is 0 Å². The lowest BCUT2D eigenvalue weighted by Crippen LogP contribution is -2.49. The monoisotopic (exact) mass is 416 g/mol. The normalized spacial score (nSPS) is 19.9. The van der Waals surface area contributed by atoms with Crippen LogP contribution in [0.25, 0.3) is 10.9 Å². The molecule has 0 aliphatic carbocycles. The van der Waals surface area contributed by atoms with Gasteiger partial charge in [0.25, 0.3) is 0 Å². The Hall–Kier alpha value is -1.71. The molecule has 2 aromatic rings. The summed E-state index contributed by atoms with van der Waals surface area (Å²) in [5, 5.41) is 4.89. The van der Waals surface area contributed by atoms with Gasteiger partial charge < -0.3 is 14.8 Å². The van der Waals surface area contributed by atoms with Crippen molar-refractivity contribution in [3.05, 3.63) is 36.4 Å². The summed E-state index contributed by atoms with van der Waals surface area (Å²) < 4.78 is 10.8. The Balaban J connectivity index is 1.43. The maximum atomic E-state index is 13.1. The summed E-state index contributed by atoms with van der Waals surface area (Å²) in [6.07, 6.45) is 0. The molecule has 1 N–H and O–H groups in total. The molecule has 156 valence electrons. The number of fused-ring (bicyclic) bond motifs is 1. The number of rotatable bonds is 7. The van der Waals surface area contributed by atoms with E-state index in [1.54, 1.807) is 11.8 Å². The predicted octanol–water partition coefficient (Wildman–Crippen LogP) is 1.43. The number of morpholine rings is 2. The minimum absolute atomic E-state index is 0.0583. The number of ether oxygens (including phenoxy) is 2. The fourth-order valence-electron chi connectivity index (χ4n) is 3.51. The highest BCUT2D eigenvalue weighted by molar-refractivity contribution is 8.00. The number of carbonyl (C=O) groups is 1. The number of para-hydroxylation sites is 1. The highest BCUT2D eigenvalue weighted by atomic mass is 32.2. The molecule has 0 bridgehead atoms. The molecule has 8 heteroatoms. The molecule has 3 heterocycles. The number of hydrogen-bond donors (Lipinski definition) is 1. The molecule has 2 aliphatic heterocycles. The molecule has 1 aromatic carbocycles. The van der Waals surface area contributed by atoms with Gasteiger partial charge in [0.05, 0.1) is 43.6 Å². The molecule has 2 saturated heterocycles. The zero-order valence-corrected chi connectivity index (χ0v) is 17.4. The van der Waals surface area contributed by atoms with Crippen molar-refractivity contribution < 1.29 is 14.3 Å². The third-order valence-electron chi connectivity index (χ3n) is 5.24. The van der Waals surface area contributed by atoms with E-state index < -0.39 is 0 Å². The number of nitrogens with one attached hydrogen (secondary N) is 1. The van der Waals surface area contributed by atoms with E-state index in [2.05, 4.69) is 27.2 Å². The summed E-state index contributed by atoms with van der Waals surface area (Å²) >= 11 is 1.54. The number of carbonyl (C=O) groups excluding carboxylic acids is 1. The number of aromatic nitrogens is 1. The average Bonchev–Trinajstić information content (AvgIpc) is 2.78. The predicted molar refractivity (Wildman–Crippen MR) is 114 cm³/mol.